The molecule has 1 fully saturated rings. The summed E-state index contributed by atoms with van der Waals surface area (Å²) in [6, 6.07) is 7.26. The molecule has 1 aromatic carbocycles. The van der Waals surface area contributed by atoms with Crippen LogP contribution in [0.3, 0.4) is 0 Å². The number of carbonyl (C=O) groups is 1. The molecule has 0 aliphatic carbocycles. The van der Waals surface area contributed by atoms with Gasteiger partial charge in [-0.1, -0.05) is 12.1 Å². The van der Waals surface area contributed by atoms with Crippen molar-refractivity contribution in [3.63, 3.8) is 0 Å². The zero-order valence-electron chi connectivity index (χ0n) is 13.7. The number of nitrogens with one attached hydrogen (secondary N) is 2. The van der Waals surface area contributed by atoms with Gasteiger partial charge in [-0.2, -0.15) is 0 Å². The molecule has 0 spiro atoms. The molecular weight excluding hydrogens is 326 g/mol. The highest BCUT2D eigenvalue weighted by Gasteiger charge is 2.30. The summed E-state index contributed by atoms with van der Waals surface area (Å²) in [5.41, 5.74) is 2.62. The summed E-state index contributed by atoms with van der Waals surface area (Å²) in [5.74, 6) is 0. The summed E-state index contributed by atoms with van der Waals surface area (Å²) in [5, 5.41) is 8.80. The van der Waals surface area contributed by atoms with Crippen molar-refractivity contribution < 1.29 is 14.3 Å². The number of thiazole rings is 1. The van der Waals surface area contributed by atoms with Gasteiger partial charge >= 0.3 is 6.03 Å². The van der Waals surface area contributed by atoms with Crippen molar-refractivity contribution >= 4 is 23.1 Å². The average Bonchev–Trinajstić information content (AvgIpc) is 3.17. The van der Waals surface area contributed by atoms with Crippen LogP contribution in [-0.2, 0) is 9.47 Å². The van der Waals surface area contributed by atoms with E-state index in [4.69, 9.17) is 9.47 Å². The minimum Gasteiger partial charge on any atom is -0.376 e. The van der Waals surface area contributed by atoms with Crippen molar-refractivity contribution in [3.05, 3.63) is 34.7 Å². The number of aryl methyl sites for hydroxylation is 1. The summed E-state index contributed by atoms with van der Waals surface area (Å²) in [7, 11) is 0. The van der Waals surface area contributed by atoms with E-state index in [1.54, 1.807) is 11.3 Å². The lowest BCUT2D eigenvalue weighted by Gasteiger charge is -2.19. The number of carbonyl (C=O) groups excluding carboxylic acids is 1. The highest BCUT2D eigenvalue weighted by molar-refractivity contribution is 7.09. The van der Waals surface area contributed by atoms with Gasteiger partial charge in [-0.3, -0.25) is 0 Å². The molecule has 6 nitrogen and oxygen atoms in total. The van der Waals surface area contributed by atoms with E-state index in [1.807, 2.05) is 43.5 Å². The minimum atomic E-state index is -0.262. The molecule has 2 atom stereocenters. The van der Waals surface area contributed by atoms with E-state index in [0.29, 0.717) is 19.8 Å². The monoisotopic (exact) mass is 347 g/mol. The van der Waals surface area contributed by atoms with Crippen LogP contribution in [0, 0.1) is 6.92 Å². The van der Waals surface area contributed by atoms with Crippen molar-refractivity contribution in [1.82, 2.24) is 10.3 Å². The summed E-state index contributed by atoms with van der Waals surface area (Å²) in [6.45, 7) is 5.49. The molecule has 24 heavy (non-hydrogen) atoms. The predicted molar refractivity (Wildman–Crippen MR) is 94.5 cm³/mol. The van der Waals surface area contributed by atoms with E-state index in [2.05, 4.69) is 15.6 Å². The van der Waals surface area contributed by atoms with Crippen LogP contribution < -0.4 is 10.6 Å². The number of nitrogens with zero attached hydrogens (tertiary/aromatic N) is 1. The maximum atomic E-state index is 12.2. The van der Waals surface area contributed by atoms with E-state index in [1.165, 1.54) is 0 Å². The van der Waals surface area contributed by atoms with Gasteiger partial charge in [-0.05, 0) is 26.0 Å². The quantitative estimate of drug-likeness (QED) is 0.872. The summed E-state index contributed by atoms with van der Waals surface area (Å²) in [4.78, 5) is 16.7. The van der Waals surface area contributed by atoms with E-state index in [0.717, 1.165) is 22.0 Å². The topological polar surface area (TPSA) is 72.5 Å². The van der Waals surface area contributed by atoms with Gasteiger partial charge in [0.25, 0.3) is 0 Å². The van der Waals surface area contributed by atoms with E-state index >= 15 is 0 Å². The molecule has 1 aliphatic rings. The molecule has 3 rings (SSSR count). The lowest BCUT2D eigenvalue weighted by Crippen LogP contribution is -2.45. The van der Waals surface area contributed by atoms with Gasteiger partial charge in [0, 0.05) is 23.2 Å². The van der Waals surface area contributed by atoms with Crippen LogP contribution >= 0.6 is 11.3 Å². The SMILES string of the molecule is CCO[C@H]1COC[C@@H]1NC(=O)Nc1cccc(-c2csc(C)n2)c1. The van der Waals surface area contributed by atoms with Crippen LogP contribution in [0.15, 0.2) is 29.6 Å². The molecule has 1 aliphatic heterocycles. The summed E-state index contributed by atoms with van der Waals surface area (Å²) < 4.78 is 10.9. The fraction of sp³-hybridized carbons (Fsp3) is 0.412. The average molecular weight is 347 g/mol. The van der Waals surface area contributed by atoms with E-state index in [-0.39, 0.29) is 18.2 Å². The number of aromatic nitrogens is 1. The number of rotatable bonds is 5. The molecule has 1 saturated heterocycles. The fourth-order valence-electron chi connectivity index (χ4n) is 2.64. The second-order valence-corrected chi connectivity index (χ2v) is 6.63. The molecule has 7 heteroatoms. The van der Waals surface area contributed by atoms with Crippen LogP contribution in [0.1, 0.15) is 11.9 Å². The smallest absolute Gasteiger partial charge is 0.319 e. The molecule has 0 unspecified atom stereocenters. The number of ether oxygens (including phenoxy) is 2. The number of anilines is 1. The van der Waals surface area contributed by atoms with Gasteiger partial charge in [0.2, 0.25) is 0 Å². The number of hydrogen-bond donors (Lipinski definition) is 2. The Morgan fingerprint density at radius 1 is 1.46 bits per heavy atom. The van der Waals surface area contributed by atoms with Gasteiger partial charge in [0.05, 0.1) is 30.0 Å². The van der Waals surface area contributed by atoms with Crippen molar-refractivity contribution in [2.24, 2.45) is 0 Å². The van der Waals surface area contributed by atoms with Crippen LogP contribution in [0.4, 0.5) is 10.5 Å². The highest BCUT2D eigenvalue weighted by Crippen LogP contribution is 2.24. The molecule has 0 saturated carbocycles. The largest absolute Gasteiger partial charge is 0.376 e. The summed E-state index contributed by atoms with van der Waals surface area (Å²) >= 11 is 1.61. The molecule has 0 bridgehead atoms. The first-order valence-electron chi connectivity index (χ1n) is 7.95. The molecular formula is C17H21N3O3S. The number of benzene rings is 1. The second-order valence-electron chi connectivity index (χ2n) is 5.57. The number of urea groups is 1. The van der Waals surface area contributed by atoms with Crippen molar-refractivity contribution in [1.29, 1.82) is 0 Å². The number of hydrogen-bond acceptors (Lipinski definition) is 5. The van der Waals surface area contributed by atoms with E-state index < -0.39 is 0 Å². The first kappa shape index (κ1) is 16.9. The highest BCUT2D eigenvalue weighted by atomic mass is 32.1. The van der Waals surface area contributed by atoms with Crippen LogP contribution in [0.2, 0.25) is 0 Å². The van der Waals surface area contributed by atoms with Gasteiger partial charge in [-0.25, -0.2) is 9.78 Å². The summed E-state index contributed by atoms with van der Waals surface area (Å²) in [6.07, 6.45) is -0.0925. The third-order valence-corrected chi connectivity index (χ3v) is 4.53. The lowest BCUT2D eigenvalue weighted by molar-refractivity contribution is 0.0428. The maximum Gasteiger partial charge on any atom is 0.319 e. The molecule has 2 heterocycles. The minimum absolute atomic E-state index is 0.0925. The lowest BCUT2D eigenvalue weighted by atomic mass is 10.1. The van der Waals surface area contributed by atoms with Gasteiger partial charge in [0.1, 0.15) is 6.10 Å². The van der Waals surface area contributed by atoms with Crippen LogP contribution in [-0.4, -0.2) is 43.0 Å². The zero-order valence-corrected chi connectivity index (χ0v) is 14.6. The molecule has 128 valence electrons. The predicted octanol–water partition coefficient (Wildman–Crippen LogP) is 3.04. The standard InChI is InChI=1S/C17H21N3O3S/c1-3-23-16-9-22-8-14(16)20-17(21)19-13-6-4-5-12(7-13)15-10-24-11(2)18-15/h4-7,10,14,16H,3,8-9H2,1-2H3,(H2,19,20,21)/t14-,16-/m0/s1. The fourth-order valence-corrected chi connectivity index (χ4v) is 3.26. The van der Waals surface area contributed by atoms with Crippen LogP contribution in [0.25, 0.3) is 11.3 Å². The second kappa shape index (κ2) is 7.74. The Labute approximate surface area is 145 Å². The molecule has 0 radical (unpaired) electrons. The molecule has 1 aromatic heterocycles. The third kappa shape index (κ3) is 4.11. The van der Waals surface area contributed by atoms with Gasteiger partial charge in [-0.15, -0.1) is 11.3 Å². The van der Waals surface area contributed by atoms with Gasteiger partial charge < -0.3 is 20.1 Å². The Balaban J connectivity index is 1.62. The first-order chi connectivity index (χ1) is 11.7. The molecule has 2 N–H and O–H groups in total. The third-order valence-electron chi connectivity index (χ3n) is 3.76. The number of amides is 2. The normalized spacial score (nSPS) is 20.1. The van der Waals surface area contributed by atoms with Crippen LogP contribution in [0.5, 0.6) is 0 Å². The Kier molecular flexibility index (Phi) is 5.44. The molecule has 2 aromatic rings. The molecule has 2 amide bonds. The Morgan fingerprint density at radius 3 is 3.08 bits per heavy atom. The van der Waals surface area contributed by atoms with Crippen molar-refractivity contribution in [2.45, 2.75) is 26.0 Å². The van der Waals surface area contributed by atoms with Crippen molar-refractivity contribution in [2.75, 3.05) is 25.1 Å². The van der Waals surface area contributed by atoms with Gasteiger partial charge in [0.15, 0.2) is 0 Å². The Morgan fingerprint density at radius 2 is 2.33 bits per heavy atom. The van der Waals surface area contributed by atoms with Crippen molar-refractivity contribution in [3.8, 4) is 11.3 Å². The first-order valence-corrected chi connectivity index (χ1v) is 8.83. The Bertz CT molecular complexity index is 704. The van der Waals surface area contributed by atoms with E-state index in [9.17, 15) is 4.79 Å². The maximum absolute atomic E-state index is 12.2. The zero-order chi connectivity index (χ0) is 16.9. The Hall–Kier alpha value is -1.96.